The predicted octanol–water partition coefficient (Wildman–Crippen LogP) is 9.32. The van der Waals surface area contributed by atoms with Crippen LogP contribution in [0.4, 0.5) is 0 Å². The van der Waals surface area contributed by atoms with Gasteiger partial charge >= 0.3 is 11.9 Å². The maximum Gasteiger partial charge on any atom is 0.306 e. The quantitative estimate of drug-likeness (QED) is 0.0226. The van der Waals surface area contributed by atoms with E-state index in [1.54, 1.807) is 0 Å². The number of carbonyl (C=O) groups is 7. The molecule has 1 rings (SSSR count). The fourth-order valence-electron chi connectivity index (χ4n) is 7.79. The number of likely N-dealkylation sites (tertiary alicyclic amines) is 1. The zero-order valence-corrected chi connectivity index (χ0v) is 42.5. The van der Waals surface area contributed by atoms with E-state index in [4.69, 9.17) is 20.9 Å². The number of nitrogens with two attached hydrogens (primary N) is 2. The van der Waals surface area contributed by atoms with Gasteiger partial charge in [-0.15, -0.1) is 11.8 Å². The number of esters is 2. The number of ketones is 2. The molecule has 1 fully saturated rings. The molecule has 4 unspecified atom stereocenters. The summed E-state index contributed by atoms with van der Waals surface area (Å²) in [6.07, 6.45) is 31.2. The number of nitrogens with one attached hydrogen (secondary N) is 1. The Balaban J connectivity index is 2.50. The molecule has 1 heterocycles. The number of nitrogens with zero attached hydrogens (tertiary/aromatic N) is 1. The molecule has 0 bridgehead atoms. The lowest BCUT2D eigenvalue weighted by atomic mass is 10.0. The number of amides is 3. The summed E-state index contributed by atoms with van der Waals surface area (Å²) in [5.41, 5.74) is 12.5. The van der Waals surface area contributed by atoms with E-state index >= 15 is 0 Å². The molecule has 1 aliphatic rings. The SMILES string of the molecule is CCCCCCCCCCCCCCCC(=O)OCC(CSCC(N)C(=O)C(N)CSC1CC(=O)N(CCNC(=O)CC(C)=O)C1=O)OC(=O)CCCCCCCCCCCCCCC. The van der Waals surface area contributed by atoms with Crippen molar-refractivity contribution in [2.45, 2.75) is 237 Å². The number of thioether (sulfide) groups is 2. The van der Waals surface area contributed by atoms with Gasteiger partial charge in [-0.05, 0) is 19.8 Å². The van der Waals surface area contributed by atoms with Crippen molar-refractivity contribution < 1.29 is 43.0 Å². The van der Waals surface area contributed by atoms with Gasteiger partial charge in [0.15, 0.2) is 5.78 Å². The van der Waals surface area contributed by atoms with Crippen molar-refractivity contribution in [3.8, 4) is 0 Å². The fourth-order valence-corrected chi connectivity index (χ4v) is 9.91. The minimum atomic E-state index is -0.974. The Hall–Kier alpha value is -2.49. The molecule has 5 N–H and O–H groups in total. The van der Waals surface area contributed by atoms with Gasteiger partial charge in [-0.3, -0.25) is 38.5 Å². The molecule has 1 saturated heterocycles. The lowest BCUT2D eigenvalue weighted by molar-refractivity contribution is -0.157. The Labute approximate surface area is 401 Å². The van der Waals surface area contributed by atoms with E-state index in [-0.39, 0.29) is 73.4 Å². The average molecular weight is 955 g/mol. The van der Waals surface area contributed by atoms with Crippen LogP contribution in [0.15, 0.2) is 0 Å². The number of Topliss-reactive ketones (excluding diaryl/α,β-unsaturated/α-hetero) is 2. The second kappa shape index (κ2) is 40.6. The molecule has 4 atom stereocenters. The lowest BCUT2D eigenvalue weighted by Crippen LogP contribution is -2.46. The minimum Gasteiger partial charge on any atom is -0.462 e. The summed E-state index contributed by atoms with van der Waals surface area (Å²) in [5, 5.41) is 1.82. The Bertz CT molecular complexity index is 1340. The first-order valence-electron chi connectivity index (χ1n) is 25.6. The van der Waals surface area contributed by atoms with Crippen LogP contribution < -0.4 is 16.8 Å². The van der Waals surface area contributed by atoms with Crippen LogP contribution in [0.2, 0.25) is 0 Å². The summed E-state index contributed by atoms with van der Waals surface area (Å²) in [4.78, 5) is 88.0. The molecule has 0 saturated carbocycles. The fraction of sp³-hybridized carbons (Fsp3) is 0.860. The number of ether oxygens (including phenoxy) is 2. The van der Waals surface area contributed by atoms with Crippen molar-refractivity contribution in [3.05, 3.63) is 0 Å². The Morgan fingerprint density at radius 2 is 1.09 bits per heavy atom. The van der Waals surface area contributed by atoms with E-state index in [1.807, 2.05) is 0 Å². The summed E-state index contributed by atoms with van der Waals surface area (Å²) in [7, 11) is 0. The third kappa shape index (κ3) is 32.8. The van der Waals surface area contributed by atoms with Crippen molar-refractivity contribution in [3.63, 3.8) is 0 Å². The Morgan fingerprint density at radius 3 is 1.57 bits per heavy atom. The summed E-state index contributed by atoms with van der Waals surface area (Å²) in [6.45, 7) is 5.75. The Kier molecular flexibility index (Phi) is 37.8. The van der Waals surface area contributed by atoms with Crippen molar-refractivity contribution in [2.24, 2.45) is 11.5 Å². The Morgan fingerprint density at radius 1 is 0.646 bits per heavy atom. The standard InChI is InChI=1S/C50H90N4O9S2/c1-4-6-8-10-12-14-16-18-20-22-24-26-28-30-47(58)62-36-41(63-48(59)31-29-27-25-23-21-19-17-15-13-11-9-7-5-2)37-64-38-42(51)49(60)43(52)39-65-44-35-46(57)54(50(44)61)33-32-53-45(56)34-40(3)55/h41-44H,4-39,51-52H2,1-3H3,(H,53,56). The molecule has 0 spiro atoms. The lowest BCUT2D eigenvalue weighted by Gasteiger charge is -2.20. The number of imide groups is 1. The average Bonchev–Trinajstić information content (AvgIpc) is 3.54. The first-order chi connectivity index (χ1) is 31.4. The van der Waals surface area contributed by atoms with Crippen LogP contribution in [-0.4, -0.2) is 107 Å². The van der Waals surface area contributed by atoms with E-state index in [0.29, 0.717) is 12.8 Å². The monoisotopic (exact) mass is 955 g/mol. The third-order valence-electron chi connectivity index (χ3n) is 11.8. The van der Waals surface area contributed by atoms with E-state index in [0.717, 1.165) is 55.2 Å². The van der Waals surface area contributed by atoms with Gasteiger partial charge < -0.3 is 26.3 Å². The zero-order valence-electron chi connectivity index (χ0n) is 40.9. The van der Waals surface area contributed by atoms with Gasteiger partial charge in [0.05, 0.1) is 23.8 Å². The normalized spacial score (nSPS) is 15.2. The van der Waals surface area contributed by atoms with E-state index < -0.39 is 41.0 Å². The summed E-state index contributed by atoms with van der Waals surface area (Å²) < 4.78 is 11.4. The molecule has 0 aliphatic carbocycles. The first-order valence-corrected chi connectivity index (χ1v) is 27.8. The van der Waals surface area contributed by atoms with Crippen LogP contribution in [0, 0.1) is 0 Å². The molecular weight excluding hydrogens is 865 g/mol. The highest BCUT2D eigenvalue weighted by Gasteiger charge is 2.39. The van der Waals surface area contributed by atoms with Gasteiger partial charge in [-0.1, -0.05) is 168 Å². The molecule has 3 amide bonds. The van der Waals surface area contributed by atoms with Gasteiger partial charge in [0.25, 0.3) is 0 Å². The van der Waals surface area contributed by atoms with Crippen LogP contribution in [-0.2, 0) is 43.0 Å². The largest absolute Gasteiger partial charge is 0.462 e. The molecule has 0 radical (unpaired) electrons. The topological polar surface area (TPSA) is 205 Å². The van der Waals surface area contributed by atoms with Gasteiger partial charge in [0, 0.05) is 49.6 Å². The number of hydrogen-bond donors (Lipinski definition) is 3. The van der Waals surface area contributed by atoms with Crippen molar-refractivity contribution >= 4 is 64.8 Å². The maximum absolute atomic E-state index is 13.1. The van der Waals surface area contributed by atoms with Gasteiger partial charge in [0.1, 0.15) is 18.5 Å². The van der Waals surface area contributed by atoms with E-state index in [1.165, 1.54) is 147 Å². The first kappa shape index (κ1) is 60.5. The summed E-state index contributed by atoms with van der Waals surface area (Å²) >= 11 is 2.44. The highest BCUT2D eigenvalue weighted by Crippen LogP contribution is 2.26. The van der Waals surface area contributed by atoms with Crippen molar-refractivity contribution in [2.75, 3.05) is 37.0 Å². The highest BCUT2D eigenvalue weighted by atomic mass is 32.2. The predicted molar refractivity (Wildman–Crippen MR) is 266 cm³/mol. The number of unbranched alkanes of at least 4 members (excludes halogenated alkanes) is 24. The van der Waals surface area contributed by atoms with Crippen LogP contribution >= 0.6 is 23.5 Å². The molecule has 376 valence electrons. The van der Waals surface area contributed by atoms with Gasteiger partial charge in [0.2, 0.25) is 17.7 Å². The van der Waals surface area contributed by atoms with Gasteiger partial charge in [-0.2, -0.15) is 11.8 Å². The molecule has 65 heavy (non-hydrogen) atoms. The van der Waals surface area contributed by atoms with E-state index in [2.05, 4.69) is 19.2 Å². The third-order valence-corrected chi connectivity index (χ3v) is 14.3. The molecular formula is C50H90N4O9S2. The minimum absolute atomic E-state index is 0.0140. The second-order valence-electron chi connectivity index (χ2n) is 18.1. The molecule has 13 nitrogen and oxygen atoms in total. The maximum atomic E-state index is 13.1. The van der Waals surface area contributed by atoms with E-state index in [9.17, 15) is 33.6 Å². The molecule has 0 aromatic heterocycles. The summed E-state index contributed by atoms with van der Waals surface area (Å²) in [5.74, 6) is -2.04. The second-order valence-corrected chi connectivity index (χ2v) is 20.4. The number of hydrogen-bond acceptors (Lipinski definition) is 13. The van der Waals surface area contributed by atoms with Crippen LogP contribution in [0.25, 0.3) is 0 Å². The van der Waals surface area contributed by atoms with Crippen LogP contribution in [0.3, 0.4) is 0 Å². The van der Waals surface area contributed by atoms with Crippen LogP contribution in [0.1, 0.15) is 213 Å². The molecule has 1 aliphatic heterocycles. The molecule has 0 aromatic carbocycles. The molecule has 0 aromatic rings. The smallest absolute Gasteiger partial charge is 0.306 e. The van der Waals surface area contributed by atoms with Crippen molar-refractivity contribution in [1.29, 1.82) is 0 Å². The molecule has 15 heteroatoms. The zero-order chi connectivity index (χ0) is 47.9. The van der Waals surface area contributed by atoms with Gasteiger partial charge in [-0.25, -0.2) is 0 Å². The van der Waals surface area contributed by atoms with Crippen LogP contribution in [0.5, 0.6) is 0 Å². The number of carbonyl (C=O) groups excluding carboxylic acids is 7. The highest BCUT2D eigenvalue weighted by molar-refractivity contribution is 8.00. The van der Waals surface area contributed by atoms with Crippen molar-refractivity contribution in [1.82, 2.24) is 10.2 Å². The summed E-state index contributed by atoms with van der Waals surface area (Å²) in [6, 6.07) is -1.90. The number of rotatable bonds is 45.